The minimum atomic E-state index is -4.46. The number of hydrogen-bond donors (Lipinski definition) is 1. The van der Waals surface area contributed by atoms with Crippen molar-refractivity contribution in [3.63, 3.8) is 0 Å². The van der Waals surface area contributed by atoms with E-state index in [-0.39, 0.29) is 17.5 Å². The third-order valence-electron chi connectivity index (χ3n) is 5.08. The number of nitrogens with one attached hydrogen (secondary N) is 1. The van der Waals surface area contributed by atoms with Crippen LogP contribution in [0.4, 0.5) is 13.2 Å². The van der Waals surface area contributed by atoms with Crippen LogP contribution >= 0.6 is 0 Å². The molecule has 0 bridgehead atoms. The lowest BCUT2D eigenvalue weighted by Gasteiger charge is -2.20. The molecule has 0 unspecified atom stereocenters. The topological polar surface area (TPSA) is 54.3 Å². The first-order valence-corrected chi connectivity index (χ1v) is 11.6. The first-order valence-electron chi connectivity index (χ1n) is 10.1. The molecule has 0 aliphatic carbocycles. The predicted molar refractivity (Wildman–Crippen MR) is 121 cm³/mol. The summed E-state index contributed by atoms with van der Waals surface area (Å²) in [5, 5.41) is 0.795. The second-order valence-corrected chi connectivity index (χ2v) is 11.2. The number of halogens is 3. The van der Waals surface area contributed by atoms with Gasteiger partial charge in [0.15, 0.2) is 0 Å². The van der Waals surface area contributed by atoms with E-state index in [9.17, 15) is 21.6 Å². The van der Waals surface area contributed by atoms with Gasteiger partial charge in [-0.05, 0) is 34.2 Å². The molecular formula is C23H28F3N3O2S. The van der Waals surface area contributed by atoms with Crippen LogP contribution in [0.1, 0.15) is 31.9 Å². The van der Waals surface area contributed by atoms with Gasteiger partial charge in [-0.1, -0.05) is 51.1 Å². The molecule has 0 spiro atoms. The molecular weight excluding hydrogens is 439 g/mol. The highest BCUT2D eigenvalue weighted by atomic mass is 32.2. The highest BCUT2D eigenvalue weighted by Gasteiger charge is 2.33. The molecule has 5 nitrogen and oxygen atoms in total. The van der Waals surface area contributed by atoms with Crippen LogP contribution in [0.25, 0.3) is 22.0 Å². The minimum Gasteiger partial charge on any atom is -0.347 e. The summed E-state index contributed by atoms with van der Waals surface area (Å²) in [5.74, 6) is 0. The summed E-state index contributed by atoms with van der Waals surface area (Å²) in [6, 6.07) is 10.7. The van der Waals surface area contributed by atoms with E-state index in [0.717, 1.165) is 26.8 Å². The predicted octanol–water partition coefficient (Wildman–Crippen LogP) is 5.27. The SMILES string of the molecule is CN(C)S(=O)(=O)NCc1cn(CC(C)(C)C)c2cc(-c3ccccc3C(F)(F)F)ccc12. The summed E-state index contributed by atoms with van der Waals surface area (Å²) in [5.41, 5.74) is 1.30. The van der Waals surface area contributed by atoms with Gasteiger partial charge in [0.25, 0.3) is 10.2 Å². The maximum Gasteiger partial charge on any atom is 0.417 e. The standard InChI is InChI=1S/C23H28F3N3O2S/c1-22(2,3)15-29-14-17(13-27-32(30,31)28(4)5)19-11-10-16(12-21(19)29)18-8-6-7-9-20(18)23(24,25)26/h6-12,14,27H,13,15H2,1-5H3. The monoisotopic (exact) mass is 467 g/mol. The number of benzene rings is 2. The number of hydrogen-bond acceptors (Lipinski definition) is 2. The summed E-state index contributed by atoms with van der Waals surface area (Å²) in [4.78, 5) is 0. The molecule has 1 heterocycles. The van der Waals surface area contributed by atoms with Gasteiger partial charge in [-0.2, -0.15) is 30.6 Å². The van der Waals surface area contributed by atoms with Crippen molar-refractivity contribution in [3.8, 4) is 11.1 Å². The van der Waals surface area contributed by atoms with E-state index in [1.165, 1.54) is 26.2 Å². The largest absolute Gasteiger partial charge is 0.417 e. The smallest absolute Gasteiger partial charge is 0.347 e. The quantitative estimate of drug-likeness (QED) is 0.537. The van der Waals surface area contributed by atoms with Gasteiger partial charge in [0.05, 0.1) is 5.56 Å². The van der Waals surface area contributed by atoms with Crippen LogP contribution in [0.3, 0.4) is 0 Å². The third kappa shape index (κ3) is 5.33. The molecule has 174 valence electrons. The Labute approximate surface area is 187 Å². The Hall–Kier alpha value is -2.36. The van der Waals surface area contributed by atoms with E-state index in [2.05, 4.69) is 25.5 Å². The summed E-state index contributed by atoms with van der Waals surface area (Å²) >= 11 is 0. The molecule has 0 aliphatic heterocycles. The Morgan fingerprint density at radius 2 is 1.69 bits per heavy atom. The van der Waals surface area contributed by atoms with Crippen molar-refractivity contribution in [3.05, 3.63) is 59.8 Å². The minimum absolute atomic E-state index is 0.0760. The maximum atomic E-state index is 13.6. The number of rotatable bonds is 6. The van der Waals surface area contributed by atoms with Crippen molar-refractivity contribution in [2.24, 2.45) is 5.41 Å². The van der Waals surface area contributed by atoms with Crippen LogP contribution in [-0.2, 0) is 29.5 Å². The zero-order valence-electron chi connectivity index (χ0n) is 18.8. The fraction of sp³-hybridized carbons (Fsp3) is 0.391. The first kappa shape index (κ1) is 24.3. The van der Waals surface area contributed by atoms with Crippen LogP contribution in [0.2, 0.25) is 0 Å². The molecule has 0 atom stereocenters. The molecule has 2 aromatic carbocycles. The Bertz CT molecular complexity index is 1220. The molecule has 0 aliphatic rings. The lowest BCUT2D eigenvalue weighted by atomic mass is 9.96. The van der Waals surface area contributed by atoms with E-state index < -0.39 is 21.9 Å². The van der Waals surface area contributed by atoms with Crippen LogP contribution in [-0.4, -0.2) is 31.4 Å². The van der Waals surface area contributed by atoms with Gasteiger partial charge in [0.2, 0.25) is 0 Å². The maximum absolute atomic E-state index is 13.6. The fourth-order valence-electron chi connectivity index (χ4n) is 3.60. The fourth-order valence-corrected chi connectivity index (χ4v) is 4.19. The Morgan fingerprint density at radius 3 is 2.28 bits per heavy atom. The van der Waals surface area contributed by atoms with Crippen molar-refractivity contribution < 1.29 is 21.6 Å². The highest BCUT2D eigenvalue weighted by Crippen LogP contribution is 2.38. The van der Waals surface area contributed by atoms with Crippen LogP contribution in [0, 0.1) is 5.41 Å². The van der Waals surface area contributed by atoms with Crippen LogP contribution in [0.5, 0.6) is 0 Å². The van der Waals surface area contributed by atoms with Gasteiger partial charge < -0.3 is 4.57 Å². The third-order valence-corrected chi connectivity index (χ3v) is 6.55. The van der Waals surface area contributed by atoms with Crippen molar-refractivity contribution >= 4 is 21.1 Å². The molecule has 1 aromatic heterocycles. The second kappa shape index (κ2) is 8.53. The molecule has 32 heavy (non-hydrogen) atoms. The molecule has 0 fully saturated rings. The van der Waals surface area contributed by atoms with Crippen molar-refractivity contribution in [2.75, 3.05) is 14.1 Å². The summed E-state index contributed by atoms with van der Waals surface area (Å²) in [6.07, 6.45) is -2.60. The van der Waals surface area contributed by atoms with Crippen molar-refractivity contribution in [1.82, 2.24) is 13.6 Å². The molecule has 0 saturated heterocycles. The Balaban J connectivity index is 2.13. The zero-order valence-corrected chi connectivity index (χ0v) is 19.6. The van der Waals surface area contributed by atoms with E-state index in [4.69, 9.17) is 0 Å². The number of nitrogens with zero attached hydrogens (tertiary/aromatic N) is 2. The summed E-state index contributed by atoms with van der Waals surface area (Å²) < 4.78 is 70.6. The van der Waals surface area contributed by atoms with E-state index in [1.807, 2.05) is 10.8 Å². The molecule has 9 heteroatoms. The molecule has 0 saturated carbocycles. The zero-order chi connectivity index (χ0) is 23.9. The summed E-state index contributed by atoms with van der Waals surface area (Å²) in [6.45, 7) is 6.89. The second-order valence-electron chi connectivity index (χ2n) is 9.23. The molecule has 0 radical (unpaired) electrons. The number of fused-ring (bicyclic) bond motifs is 1. The van der Waals surface area contributed by atoms with Crippen LogP contribution < -0.4 is 4.72 Å². The normalized spacial score (nSPS) is 13.3. The molecule has 0 amide bonds. The molecule has 1 N–H and O–H groups in total. The Morgan fingerprint density at radius 1 is 1.03 bits per heavy atom. The lowest BCUT2D eigenvalue weighted by molar-refractivity contribution is -0.137. The van der Waals surface area contributed by atoms with Crippen molar-refractivity contribution in [2.45, 2.75) is 40.0 Å². The molecule has 3 aromatic rings. The van der Waals surface area contributed by atoms with Gasteiger partial charge in [-0.3, -0.25) is 0 Å². The molecule has 3 rings (SSSR count). The number of aromatic nitrogens is 1. The van der Waals surface area contributed by atoms with Gasteiger partial charge in [0.1, 0.15) is 0 Å². The highest BCUT2D eigenvalue weighted by molar-refractivity contribution is 7.87. The van der Waals surface area contributed by atoms with E-state index in [1.54, 1.807) is 24.3 Å². The van der Waals surface area contributed by atoms with Gasteiger partial charge in [-0.25, -0.2) is 0 Å². The van der Waals surface area contributed by atoms with E-state index >= 15 is 0 Å². The average Bonchev–Trinajstić information content (AvgIpc) is 3.01. The van der Waals surface area contributed by atoms with Crippen LogP contribution in [0.15, 0.2) is 48.7 Å². The first-order chi connectivity index (χ1) is 14.7. The van der Waals surface area contributed by atoms with E-state index in [0.29, 0.717) is 12.1 Å². The van der Waals surface area contributed by atoms with Gasteiger partial charge in [-0.15, -0.1) is 0 Å². The summed E-state index contributed by atoms with van der Waals surface area (Å²) in [7, 11) is -0.735. The Kier molecular flexibility index (Phi) is 6.48. The number of alkyl halides is 3. The average molecular weight is 468 g/mol. The van der Waals surface area contributed by atoms with Crippen molar-refractivity contribution in [1.29, 1.82) is 0 Å². The van der Waals surface area contributed by atoms with Gasteiger partial charge in [0, 0.05) is 44.3 Å². The van der Waals surface area contributed by atoms with Gasteiger partial charge >= 0.3 is 6.18 Å². The lowest BCUT2D eigenvalue weighted by Crippen LogP contribution is -2.35.